The predicted octanol–water partition coefficient (Wildman–Crippen LogP) is -0.907. The molecule has 0 radical (unpaired) electrons. The summed E-state index contributed by atoms with van der Waals surface area (Å²) in [6, 6.07) is -0.120. The van der Waals surface area contributed by atoms with Gasteiger partial charge in [-0.3, -0.25) is 4.79 Å². The molecule has 0 aromatic heterocycles. The van der Waals surface area contributed by atoms with Crippen LogP contribution in [0.3, 0.4) is 0 Å². The summed E-state index contributed by atoms with van der Waals surface area (Å²) in [5, 5.41) is 14.4. The molecule has 1 amide bonds. The molecule has 4 heteroatoms. The van der Waals surface area contributed by atoms with E-state index in [1.807, 2.05) is 6.92 Å². The van der Waals surface area contributed by atoms with E-state index in [9.17, 15) is 4.79 Å². The Morgan fingerprint density at radius 3 is 3.08 bits per heavy atom. The summed E-state index contributed by atoms with van der Waals surface area (Å²) < 4.78 is 0. The van der Waals surface area contributed by atoms with E-state index in [1.165, 1.54) is 0 Å². The first-order valence-electron chi connectivity index (χ1n) is 4.37. The number of carbonyl (C=O) groups excluding carboxylic acids is 1. The van der Waals surface area contributed by atoms with Crippen molar-refractivity contribution in [2.24, 2.45) is 5.92 Å². The third-order valence-electron chi connectivity index (χ3n) is 2.23. The van der Waals surface area contributed by atoms with Crippen molar-refractivity contribution in [1.29, 1.82) is 0 Å². The predicted molar refractivity (Wildman–Crippen MR) is 45.7 cm³/mol. The molecule has 1 heterocycles. The summed E-state index contributed by atoms with van der Waals surface area (Å²) in [6.45, 7) is 3.39. The lowest BCUT2D eigenvalue weighted by atomic mass is 9.94. The summed E-state index contributed by atoms with van der Waals surface area (Å²) in [7, 11) is 0. The van der Waals surface area contributed by atoms with E-state index in [-0.39, 0.29) is 18.6 Å². The first-order valence-corrected chi connectivity index (χ1v) is 4.37. The van der Waals surface area contributed by atoms with Crippen molar-refractivity contribution in [2.75, 3.05) is 19.7 Å². The van der Waals surface area contributed by atoms with Gasteiger partial charge in [-0.05, 0) is 12.3 Å². The minimum atomic E-state index is -0.120. The summed E-state index contributed by atoms with van der Waals surface area (Å²) >= 11 is 0. The first-order chi connectivity index (χ1) is 5.75. The summed E-state index contributed by atoms with van der Waals surface area (Å²) in [4.78, 5) is 11.3. The summed E-state index contributed by atoms with van der Waals surface area (Å²) in [5.74, 6) is 0.424. The fraction of sp³-hybridized carbons (Fsp3) is 0.875. The molecule has 0 aromatic carbocycles. The maximum absolute atomic E-state index is 11.3. The van der Waals surface area contributed by atoms with Crippen molar-refractivity contribution in [3.8, 4) is 0 Å². The molecule has 70 valence electrons. The minimum Gasteiger partial charge on any atom is -0.395 e. The van der Waals surface area contributed by atoms with Gasteiger partial charge >= 0.3 is 0 Å². The highest BCUT2D eigenvalue weighted by molar-refractivity contribution is 5.82. The molecule has 0 bridgehead atoms. The van der Waals surface area contributed by atoms with Crippen LogP contribution in [0, 0.1) is 5.92 Å². The lowest BCUT2D eigenvalue weighted by Crippen LogP contribution is -2.53. The van der Waals surface area contributed by atoms with E-state index in [1.54, 1.807) is 0 Å². The average molecular weight is 172 g/mol. The molecule has 1 fully saturated rings. The molecule has 3 N–H and O–H groups in total. The molecule has 0 saturated carbocycles. The van der Waals surface area contributed by atoms with Crippen LogP contribution in [-0.2, 0) is 4.79 Å². The molecule has 0 spiro atoms. The van der Waals surface area contributed by atoms with Crippen LogP contribution in [0.4, 0.5) is 0 Å². The van der Waals surface area contributed by atoms with E-state index < -0.39 is 0 Å². The Hall–Kier alpha value is -0.610. The van der Waals surface area contributed by atoms with Crippen LogP contribution in [0.1, 0.15) is 13.3 Å². The molecule has 1 aliphatic heterocycles. The highest BCUT2D eigenvalue weighted by Crippen LogP contribution is 2.11. The van der Waals surface area contributed by atoms with Crippen LogP contribution >= 0.6 is 0 Å². The highest BCUT2D eigenvalue weighted by atomic mass is 16.3. The molecule has 12 heavy (non-hydrogen) atoms. The van der Waals surface area contributed by atoms with Gasteiger partial charge in [-0.1, -0.05) is 6.92 Å². The van der Waals surface area contributed by atoms with Gasteiger partial charge in [0.05, 0.1) is 12.6 Å². The van der Waals surface area contributed by atoms with E-state index in [0.29, 0.717) is 12.5 Å². The van der Waals surface area contributed by atoms with Crippen molar-refractivity contribution in [3.05, 3.63) is 0 Å². The number of rotatable bonds is 3. The van der Waals surface area contributed by atoms with Crippen molar-refractivity contribution < 1.29 is 9.90 Å². The molecule has 4 nitrogen and oxygen atoms in total. The topological polar surface area (TPSA) is 61.4 Å². The SMILES string of the molecule is CC1CCNC(=O)C1NCCO. The molecule has 1 rings (SSSR count). The van der Waals surface area contributed by atoms with Gasteiger partial charge in [-0.25, -0.2) is 0 Å². The first kappa shape index (κ1) is 9.48. The van der Waals surface area contributed by atoms with Crippen molar-refractivity contribution in [3.63, 3.8) is 0 Å². The maximum atomic E-state index is 11.3. The van der Waals surface area contributed by atoms with Gasteiger partial charge in [0.25, 0.3) is 0 Å². The standard InChI is InChI=1S/C8H16N2O2/c1-6-2-3-10-8(12)7(6)9-4-5-11/h6-7,9,11H,2-5H2,1H3,(H,10,12). The van der Waals surface area contributed by atoms with Crippen LogP contribution in [0.15, 0.2) is 0 Å². The second-order valence-electron chi connectivity index (χ2n) is 3.21. The van der Waals surface area contributed by atoms with Gasteiger partial charge in [-0.15, -0.1) is 0 Å². The number of aliphatic hydroxyl groups is 1. The Labute approximate surface area is 72.3 Å². The van der Waals surface area contributed by atoms with Crippen molar-refractivity contribution in [2.45, 2.75) is 19.4 Å². The molecule has 2 unspecified atom stereocenters. The normalized spacial score (nSPS) is 30.0. The highest BCUT2D eigenvalue weighted by Gasteiger charge is 2.27. The Kier molecular flexibility index (Phi) is 3.49. The van der Waals surface area contributed by atoms with Crippen LogP contribution in [-0.4, -0.2) is 36.8 Å². The number of carbonyl (C=O) groups is 1. The quantitative estimate of drug-likeness (QED) is 0.516. The van der Waals surface area contributed by atoms with Crippen molar-refractivity contribution in [1.82, 2.24) is 10.6 Å². The zero-order valence-electron chi connectivity index (χ0n) is 7.34. The minimum absolute atomic E-state index is 0.0576. The van der Waals surface area contributed by atoms with Crippen LogP contribution in [0.5, 0.6) is 0 Å². The largest absolute Gasteiger partial charge is 0.395 e. The van der Waals surface area contributed by atoms with Crippen LogP contribution < -0.4 is 10.6 Å². The van der Waals surface area contributed by atoms with Crippen LogP contribution in [0.2, 0.25) is 0 Å². The maximum Gasteiger partial charge on any atom is 0.237 e. The van der Waals surface area contributed by atoms with Gasteiger partial charge in [-0.2, -0.15) is 0 Å². The van der Waals surface area contributed by atoms with Gasteiger partial charge in [0.1, 0.15) is 0 Å². The average Bonchev–Trinajstić information content (AvgIpc) is 2.04. The van der Waals surface area contributed by atoms with E-state index in [2.05, 4.69) is 10.6 Å². The monoisotopic (exact) mass is 172 g/mol. The number of nitrogens with one attached hydrogen (secondary N) is 2. The fourth-order valence-corrected chi connectivity index (χ4v) is 1.47. The number of piperidine rings is 1. The number of aliphatic hydroxyl groups excluding tert-OH is 1. The fourth-order valence-electron chi connectivity index (χ4n) is 1.47. The molecule has 2 atom stereocenters. The molecule has 1 saturated heterocycles. The Bertz CT molecular complexity index is 161. The Morgan fingerprint density at radius 1 is 1.75 bits per heavy atom. The molecule has 1 aliphatic rings. The second kappa shape index (κ2) is 4.42. The zero-order valence-corrected chi connectivity index (χ0v) is 7.34. The Morgan fingerprint density at radius 2 is 2.50 bits per heavy atom. The molecule has 0 aromatic rings. The number of hydrogen-bond donors (Lipinski definition) is 3. The van der Waals surface area contributed by atoms with E-state index in [0.717, 1.165) is 13.0 Å². The van der Waals surface area contributed by atoms with Gasteiger partial charge in [0.2, 0.25) is 5.91 Å². The third kappa shape index (κ3) is 2.19. The van der Waals surface area contributed by atoms with Gasteiger partial charge < -0.3 is 15.7 Å². The molecular weight excluding hydrogens is 156 g/mol. The zero-order chi connectivity index (χ0) is 8.97. The second-order valence-corrected chi connectivity index (χ2v) is 3.21. The Balaban J connectivity index is 2.40. The number of hydrogen-bond acceptors (Lipinski definition) is 3. The lowest BCUT2D eigenvalue weighted by Gasteiger charge is -2.28. The molecule has 0 aliphatic carbocycles. The third-order valence-corrected chi connectivity index (χ3v) is 2.23. The van der Waals surface area contributed by atoms with Crippen molar-refractivity contribution >= 4 is 5.91 Å². The van der Waals surface area contributed by atoms with Crippen LogP contribution in [0.25, 0.3) is 0 Å². The number of amides is 1. The van der Waals surface area contributed by atoms with E-state index in [4.69, 9.17) is 5.11 Å². The lowest BCUT2D eigenvalue weighted by molar-refractivity contribution is -0.126. The summed E-state index contributed by atoms with van der Waals surface area (Å²) in [5.41, 5.74) is 0. The smallest absolute Gasteiger partial charge is 0.237 e. The van der Waals surface area contributed by atoms with Gasteiger partial charge in [0, 0.05) is 13.1 Å². The van der Waals surface area contributed by atoms with Gasteiger partial charge in [0.15, 0.2) is 0 Å². The van der Waals surface area contributed by atoms with E-state index >= 15 is 0 Å². The molecular formula is C8H16N2O2. The summed E-state index contributed by atoms with van der Waals surface area (Å²) in [6.07, 6.45) is 1.01.